The zero-order valence-corrected chi connectivity index (χ0v) is 23.0. The number of hydroxylamine groups is 2. The summed E-state index contributed by atoms with van der Waals surface area (Å²) in [4.78, 5) is 17.5. The standard InChI is InChI=1S/C31H44F3NO3/c1-3-5-6-7-8-9-10-11-12-13-14-26-15-17-27(18-16-26)23-35(38-25-30(36)37-4-2)24-28-19-21-29(22-20-28)31(32,33)34/h15-22H,3-14,23-25H2,1-2H3. The molecule has 2 rings (SSSR count). The minimum absolute atomic E-state index is 0.234. The van der Waals surface area contributed by atoms with Gasteiger partial charge in [0.25, 0.3) is 0 Å². The van der Waals surface area contributed by atoms with E-state index in [1.807, 2.05) is 12.1 Å². The van der Waals surface area contributed by atoms with Crippen molar-refractivity contribution in [2.75, 3.05) is 13.2 Å². The van der Waals surface area contributed by atoms with E-state index in [0.29, 0.717) is 12.1 Å². The highest BCUT2D eigenvalue weighted by molar-refractivity contribution is 5.70. The fourth-order valence-corrected chi connectivity index (χ4v) is 4.33. The Bertz CT molecular complexity index is 898. The maximum absolute atomic E-state index is 12.9. The maximum atomic E-state index is 12.9. The van der Waals surface area contributed by atoms with E-state index in [1.165, 1.54) is 81.9 Å². The van der Waals surface area contributed by atoms with E-state index in [4.69, 9.17) is 9.57 Å². The predicted molar refractivity (Wildman–Crippen MR) is 145 cm³/mol. The summed E-state index contributed by atoms with van der Waals surface area (Å²) in [5.74, 6) is -0.489. The van der Waals surface area contributed by atoms with Crippen molar-refractivity contribution in [2.45, 2.75) is 104 Å². The fraction of sp³-hybridized carbons (Fsp3) is 0.581. The molecule has 0 saturated carbocycles. The lowest BCUT2D eigenvalue weighted by Gasteiger charge is -2.22. The van der Waals surface area contributed by atoms with Gasteiger partial charge in [0.15, 0.2) is 6.61 Å². The molecule has 0 aliphatic carbocycles. The summed E-state index contributed by atoms with van der Waals surface area (Å²) in [6.45, 7) is 4.58. The monoisotopic (exact) mass is 535 g/mol. The maximum Gasteiger partial charge on any atom is 0.416 e. The molecule has 0 saturated heterocycles. The van der Waals surface area contributed by atoms with E-state index >= 15 is 0 Å². The molecule has 0 N–H and O–H groups in total. The highest BCUT2D eigenvalue weighted by Gasteiger charge is 2.30. The van der Waals surface area contributed by atoms with Gasteiger partial charge in [-0.1, -0.05) is 101 Å². The molecule has 7 heteroatoms. The lowest BCUT2D eigenvalue weighted by molar-refractivity contribution is -0.193. The smallest absolute Gasteiger partial charge is 0.416 e. The summed E-state index contributed by atoms with van der Waals surface area (Å²) in [7, 11) is 0. The van der Waals surface area contributed by atoms with E-state index in [-0.39, 0.29) is 19.8 Å². The third-order valence-corrected chi connectivity index (χ3v) is 6.51. The molecule has 2 aromatic carbocycles. The molecule has 2 aromatic rings. The number of unbranched alkanes of at least 4 members (excludes halogenated alkanes) is 9. The second-order valence-corrected chi connectivity index (χ2v) is 9.82. The largest absolute Gasteiger partial charge is 0.464 e. The lowest BCUT2D eigenvalue weighted by atomic mass is 10.0. The Hall–Kier alpha value is -2.38. The van der Waals surface area contributed by atoms with Crippen molar-refractivity contribution in [1.29, 1.82) is 0 Å². The number of carbonyl (C=O) groups is 1. The second kappa shape index (κ2) is 18.0. The van der Waals surface area contributed by atoms with Crippen LogP contribution in [0.4, 0.5) is 13.2 Å². The summed E-state index contributed by atoms with van der Waals surface area (Å²) < 4.78 is 43.6. The number of benzene rings is 2. The molecule has 0 fully saturated rings. The van der Waals surface area contributed by atoms with Crippen molar-refractivity contribution < 1.29 is 27.5 Å². The van der Waals surface area contributed by atoms with Gasteiger partial charge in [-0.3, -0.25) is 4.84 Å². The molecule has 0 aliphatic heterocycles. The third kappa shape index (κ3) is 13.4. The van der Waals surface area contributed by atoms with Crippen molar-refractivity contribution >= 4 is 5.97 Å². The van der Waals surface area contributed by atoms with Gasteiger partial charge in [-0.05, 0) is 48.6 Å². The summed E-state index contributed by atoms with van der Waals surface area (Å²) in [5.41, 5.74) is 2.24. The van der Waals surface area contributed by atoms with Crippen LogP contribution in [0.3, 0.4) is 0 Å². The molecule has 4 nitrogen and oxygen atoms in total. The number of esters is 1. The van der Waals surface area contributed by atoms with Gasteiger partial charge >= 0.3 is 12.1 Å². The number of hydrogen-bond donors (Lipinski definition) is 0. The molecular weight excluding hydrogens is 491 g/mol. The first kappa shape index (κ1) is 31.8. The van der Waals surface area contributed by atoms with Crippen LogP contribution in [0, 0.1) is 0 Å². The van der Waals surface area contributed by atoms with E-state index < -0.39 is 17.7 Å². The molecule has 0 radical (unpaired) electrons. The summed E-state index contributed by atoms with van der Waals surface area (Å²) in [5, 5.41) is 1.58. The average Bonchev–Trinajstić information content (AvgIpc) is 2.89. The summed E-state index contributed by atoms with van der Waals surface area (Å²) in [6.07, 6.45) is 9.82. The van der Waals surface area contributed by atoms with Gasteiger partial charge in [-0.15, -0.1) is 0 Å². The van der Waals surface area contributed by atoms with Crippen LogP contribution >= 0.6 is 0 Å². The van der Waals surface area contributed by atoms with Crippen LogP contribution in [-0.2, 0) is 40.1 Å². The number of carbonyl (C=O) groups excluding carboxylic acids is 1. The van der Waals surface area contributed by atoms with E-state index in [9.17, 15) is 18.0 Å². The summed E-state index contributed by atoms with van der Waals surface area (Å²) in [6, 6.07) is 13.3. The van der Waals surface area contributed by atoms with Crippen LogP contribution in [0.5, 0.6) is 0 Å². The van der Waals surface area contributed by atoms with E-state index in [1.54, 1.807) is 12.0 Å². The SMILES string of the molecule is CCCCCCCCCCCCc1ccc(CN(Cc2ccc(C(F)(F)F)cc2)OCC(=O)OCC)cc1. The van der Waals surface area contributed by atoms with Gasteiger partial charge < -0.3 is 4.74 Å². The molecule has 0 amide bonds. The number of rotatable bonds is 19. The predicted octanol–water partition coefficient (Wildman–Crippen LogP) is 8.67. The van der Waals surface area contributed by atoms with Crippen molar-refractivity contribution in [2.24, 2.45) is 0 Å². The molecule has 212 valence electrons. The van der Waals surface area contributed by atoms with Crippen molar-refractivity contribution in [3.05, 3.63) is 70.8 Å². The first-order valence-corrected chi connectivity index (χ1v) is 14.1. The molecule has 0 unspecified atom stereocenters. The first-order valence-electron chi connectivity index (χ1n) is 14.1. The highest BCUT2D eigenvalue weighted by atomic mass is 19.4. The Kier molecular flexibility index (Phi) is 15.1. The molecule has 38 heavy (non-hydrogen) atoms. The molecule has 0 bridgehead atoms. The van der Waals surface area contributed by atoms with Gasteiger partial charge in [-0.2, -0.15) is 18.2 Å². The van der Waals surface area contributed by atoms with Crippen LogP contribution in [0.2, 0.25) is 0 Å². The van der Waals surface area contributed by atoms with Gasteiger partial charge in [0, 0.05) is 13.1 Å². The average molecular weight is 536 g/mol. The van der Waals surface area contributed by atoms with Crippen LogP contribution < -0.4 is 0 Å². The highest BCUT2D eigenvalue weighted by Crippen LogP contribution is 2.29. The van der Waals surface area contributed by atoms with Gasteiger partial charge in [0.1, 0.15) is 0 Å². The quantitative estimate of drug-likeness (QED) is 0.102. The Morgan fingerprint density at radius 3 is 1.68 bits per heavy atom. The minimum atomic E-state index is -4.38. The molecular formula is C31H44F3NO3. The van der Waals surface area contributed by atoms with Crippen LogP contribution in [-0.4, -0.2) is 24.2 Å². The molecule has 0 spiro atoms. The first-order chi connectivity index (χ1) is 18.3. The number of nitrogens with zero attached hydrogens (tertiary/aromatic N) is 1. The zero-order chi connectivity index (χ0) is 27.6. The number of alkyl halides is 3. The number of aryl methyl sites for hydroxylation is 1. The van der Waals surface area contributed by atoms with Crippen molar-refractivity contribution in [3.8, 4) is 0 Å². The van der Waals surface area contributed by atoms with E-state index in [0.717, 1.165) is 24.1 Å². The van der Waals surface area contributed by atoms with Crippen LogP contribution in [0.1, 0.15) is 100 Å². The Morgan fingerprint density at radius 1 is 0.711 bits per heavy atom. The van der Waals surface area contributed by atoms with Gasteiger partial charge in [-0.25, -0.2) is 4.79 Å². The zero-order valence-electron chi connectivity index (χ0n) is 23.0. The normalized spacial score (nSPS) is 11.7. The molecule has 0 aliphatic rings. The molecule has 0 heterocycles. The van der Waals surface area contributed by atoms with Gasteiger partial charge in [0.05, 0.1) is 12.2 Å². The van der Waals surface area contributed by atoms with E-state index in [2.05, 4.69) is 19.1 Å². The summed E-state index contributed by atoms with van der Waals surface area (Å²) >= 11 is 0. The molecule has 0 atom stereocenters. The molecule has 0 aromatic heterocycles. The van der Waals surface area contributed by atoms with Crippen molar-refractivity contribution in [1.82, 2.24) is 5.06 Å². The topological polar surface area (TPSA) is 38.8 Å². The lowest BCUT2D eigenvalue weighted by Crippen LogP contribution is -2.27. The number of halogens is 3. The van der Waals surface area contributed by atoms with Crippen LogP contribution in [0.15, 0.2) is 48.5 Å². The van der Waals surface area contributed by atoms with Gasteiger partial charge in [0.2, 0.25) is 0 Å². The second-order valence-electron chi connectivity index (χ2n) is 9.82. The van der Waals surface area contributed by atoms with Crippen molar-refractivity contribution in [3.63, 3.8) is 0 Å². The Labute approximate surface area is 226 Å². The Balaban J connectivity index is 1.82. The minimum Gasteiger partial charge on any atom is -0.464 e. The third-order valence-electron chi connectivity index (χ3n) is 6.51. The Morgan fingerprint density at radius 2 is 1.18 bits per heavy atom. The van der Waals surface area contributed by atoms with Crippen LogP contribution in [0.25, 0.3) is 0 Å². The number of ether oxygens (including phenoxy) is 1. The fourth-order valence-electron chi connectivity index (χ4n) is 4.33. The number of hydrogen-bond acceptors (Lipinski definition) is 4.